The second-order valence-corrected chi connectivity index (χ2v) is 10.0. The topological polar surface area (TPSA) is 111 Å². The number of benzene rings is 2. The van der Waals surface area contributed by atoms with Gasteiger partial charge in [-0.2, -0.15) is 8.42 Å². The first-order valence-corrected chi connectivity index (χ1v) is 13.7. The van der Waals surface area contributed by atoms with Crippen LogP contribution in [0.15, 0.2) is 53.4 Å². The van der Waals surface area contributed by atoms with Gasteiger partial charge in [-0.05, 0) is 56.0 Å². The average molecular weight is 519 g/mol. The Morgan fingerprint density at radius 2 is 1.86 bits per heavy atom. The highest BCUT2D eigenvalue weighted by Gasteiger charge is 2.26. The summed E-state index contributed by atoms with van der Waals surface area (Å²) in [7, 11) is -4.28. The lowest BCUT2D eigenvalue weighted by Crippen LogP contribution is -2.43. The Morgan fingerprint density at radius 3 is 2.53 bits per heavy atom. The first-order chi connectivity index (χ1) is 17.3. The third kappa shape index (κ3) is 7.69. The fraction of sp³-hybridized carbons (Fsp3) is 0.462. The Hall–Kier alpha value is -3.11. The van der Waals surface area contributed by atoms with Gasteiger partial charge >= 0.3 is 22.1 Å². The maximum atomic E-state index is 13.0. The number of nitrogens with one attached hydrogen (secondary N) is 1. The first-order valence-electron chi connectivity index (χ1n) is 12.3. The molecule has 0 unspecified atom stereocenters. The van der Waals surface area contributed by atoms with E-state index in [4.69, 9.17) is 13.7 Å². The number of unbranched alkanes of at least 4 members (excludes halogenated alkanes) is 1. The molecule has 1 atom stereocenters. The van der Waals surface area contributed by atoms with Crippen LogP contribution >= 0.6 is 0 Å². The summed E-state index contributed by atoms with van der Waals surface area (Å²) in [5.41, 5.74) is 0.737. The van der Waals surface area contributed by atoms with E-state index in [9.17, 15) is 18.0 Å². The molecule has 10 heteroatoms. The van der Waals surface area contributed by atoms with Crippen LogP contribution in [0.25, 0.3) is 0 Å². The number of urea groups is 1. The van der Waals surface area contributed by atoms with Crippen LogP contribution in [0.3, 0.4) is 0 Å². The largest absolute Gasteiger partial charge is 0.462 e. The highest BCUT2D eigenvalue weighted by Crippen LogP contribution is 2.23. The number of hydrogen-bond donors (Lipinski definition) is 1. The maximum Gasteiger partial charge on any atom is 0.340 e. The summed E-state index contributed by atoms with van der Waals surface area (Å²) in [6.45, 7) is 6.07. The molecule has 1 fully saturated rings. The highest BCUT2D eigenvalue weighted by atomic mass is 32.2. The second-order valence-electron chi connectivity index (χ2n) is 8.52. The van der Waals surface area contributed by atoms with Gasteiger partial charge in [-0.3, -0.25) is 0 Å². The van der Waals surface area contributed by atoms with Gasteiger partial charge in [0.2, 0.25) is 0 Å². The van der Waals surface area contributed by atoms with Crippen LogP contribution in [0.5, 0.6) is 5.75 Å². The molecule has 36 heavy (non-hydrogen) atoms. The monoisotopic (exact) mass is 518 g/mol. The lowest BCUT2D eigenvalue weighted by molar-refractivity contribution is 0.0495. The van der Waals surface area contributed by atoms with Gasteiger partial charge in [0.15, 0.2) is 0 Å². The van der Waals surface area contributed by atoms with Crippen LogP contribution in [0.2, 0.25) is 0 Å². The van der Waals surface area contributed by atoms with Crippen molar-refractivity contribution in [3.63, 3.8) is 0 Å². The summed E-state index contributed by atoms with van der Waals surface area (Å²) < 4.78 is 42.1. The molecule has 1 aliphatic rings. The van der Waals surface area contributed by atoms with E-state index in [0.29, 0.717) is 32.7 Å². The third-order valence-corrected chi connectivity index (χ3v) is 6.98. The van der Waals surface area contributed by atoms with Crippen LogP contribution < -0.4 is 9.50 Å². The molecule has 0 aromatic heterocycles. The maximum absolute atomic E-state index is 13.0. The Bertz CT molecular complexity index is 1110. The average Bonchev–Trinajstić information content (AvgIpc) is 3.38. The number of carbonyl (C=O) groups is 2. The molecule has 2 aromatic rings. The predicted octanol–water partition coefficient (Wildman–Crippen LogP) is 4.12. The van der Waals surface area contributed by atoms with Gasteiger partial charge in [-0.25, -0.2) is 9.59 Å². The van der Waals surface area contributed by atoms with Crippen molar-refractivity contribution in [3.05, 3.63) is 59.7 Å². The number of esters is 1. The standard InChI is InChI=1S/C26H34N2O7S/c1-3-5-16-34-25(29)23-10-6-7-11-24(23)36(31,32)35-21-14-12-20(13-15-21)18-28(26(30)27-4-2)19-22-9-8-17-33-22/h6-7,10-15,22H,3-5,8-9,16-19H2,1-2H3,(H,27,30)/t22-/m0/s1. The zero-order chi connectivity index (χ0) is 26.0. The third-order valence-electron chi connectivity index (χ3n) is 5.67. The molecule has 0 spiro atoms. The molecule has 0 aliphatic carbocycles. The minimum absolute atomic E-state index is 0.00841. The second kappa shape index (κ2) is 13.3. The summed E-state index contributed by atoms with van der Waals surface area (Å²) in [5, 5.41) is 2.82. The van der Waals surface area contributed by atoms with Crippen molar-refractivity contribution in [1.82, 2.24) is 10.2 Å². The summed E-state index contributed by atoms with van der Waals surface area (Å²) in [4.78, 5) is 26.4. The molecule has 1 N–H and O–H groups in total. The summed E-state index contributed by atoms with van der Waals surface area (Å²) in [6, 6.07) is 12.1. The van der Waals surface area contributed by atoms with Crippen LogP contribution in [-0.2, 0) is 26.1 Å². The smallest absolute Gasteiger partial charge is 0.340 e. The number of rotatable bonds is 12. The number of hydrogen-bond acceptors (Lipinski definition) is 7. The van der Waals surface area contributed by atoms with E-state index < -0.39 is 16.1 Å². The van der Waals surface area contributed by atoms with E-state index in [1.54, 1.807) is 23.1 Å². The van der Waals surface area contributed by atoms with Crippen LogP contribution in [0.4, 0.5) is 4.79 Å². The van der Waals surface area contributed by atoms with Crippen molar-refractivity contribution >= 4 is 22.1 Å². The van der Waals surface area contributed by atoms with Crippen molar-refractivity contribution in [2.45, 2.75) is 57.1 Å². The fourth-order valence-corrected chi connectivity index (χ4v) is 4.92. The molecule has 2 amide bonds. The zero-order valence-electron chi connectivity index (χ0n) is 20.8. The molecule has 1 heterocycles. The first kappa shape index (κ1) is 27.5. The zero-order valence-corrected chi connectivity index (χ0v) is 21.6. The SMILES string of the molecule is CCCCOC(=O)c1ccccc1S(=O)(=O)Oc1ccc(CN(C[C@@H]2CCCO2)C(=O)NCC)cc1. The van der Waals surface area contributed by atoms with Crippen molar-refractivity contribution < 1.29 is 31.7 Å². The van der Waals surface area contributed by atoms with E-state index in [1.807, 2.05) is 13.8 Å². The van der Waals surface area contributed by atoms with Crippen molar-refractivity contribution in [3.8, 4) is 5.75 Å². The molecule has 2 aromatic carbocycles. The molecule has 9 nitrogen and oxygen atoms in total. The number of carbonyl (C=O) groups excluding carboxylic acids is 2. The fourth-order valence-electron chi connectivity index (χ4n) is 3.80. The molecule has 0 saturated carbocycles. The lowest BCUT2D eigenvalue weighted by Gasteiger charge is -2.25. The molecular weight excluding hydrogens is 484 g/mol. The van der Waals surface area contributed by atoms with E-state index >= 15 is 0 Å². The molecular formula is C26H34N2O7S. The van der Waals surface area contributed by atoms with Crippen molar-refractivity contribution in [2.24, 2.45) is 0 Å². The Kier molecular flexibility index (Phi) is 10.1. The Labute approximate surface area is 212 Å². The van der Waals surface area contributed by atoms with E-state index in [-0.39, 0.29) is 35.0 Å². The van der Waals surface area contributed by atoms with Gasteiger partial charge in [0, 0.05) is 26.2 Å². The van der Waals surface area contributed by atoms with Gasteiger partial charge in [0.1, 0.15) is 10.6 Å². The van der Waals surface area contributed by atoms with E-state index in [0.717, 1.165) is 24.8 Å². The Morgan fingerprint density at radius 1 is 1.11 bits per heavy atom. The molecule has 196 valence electrons. The van der Waals surface area contributed by atoms with E-state index in [2.05, 4.69) is 5.32 Å². The van der Waals surface area contributed by atoms with Crippen LogP contribution in [0.1, 0.15) is 55.5 Å². The number of nitrogens with zero attached hydrogens (tertiary/aromatic N) is 1. The van der Waals surface area contributed by atoms with Crippen molar-refractivity contribution in [1.29, 1.82) is 0 Å². The normalized spacial score (nSPS) is 15.3. The van der Waals surface area contributed by atoms with Crippen LogP contribution in [0, 0.1) is 0 Å². The molecule has 3 rings (SSSR count). The summed E-state index contributed by atoms with van der Waals surface area (Å²) >= 11 is 0. The van der Waals surface area contributed by atoms with Gasteiger partial charge in [-0.15, -0.1) is 0 Å². The highest BCUT2D eigenvalue weighted by molar-refractivity contribution is 7.87. The minimum Gasteiger partial charge on any atom is -0.462 e. The Balaban J connectivity index is 1.70. The van der Waals surface area contributed by atoms with Crippen LogP contribution in [-0.4, -0.2) is 57.7 Å². The van der Waals surface area contributed by atoms with Crippen molar-refractivity contribution in [2.75, 3.05) is 26.3 Å². The molecule has 0 radical (unpaired) electrons. The van der Waals surface area contributed by atoms with Gasteiger partial charge in [0.25, 0.3) is 0 Å². The van der Waals surface area contributed by atoms with Gasteiger partial charge in [0.05, 0.1) is 18.3 Å². The van der Waals surface area contributed by atoms with E-state index in [1.165, 1.54) is 30.3 Å². The molecule has 1 saturated heterocycles. The quantitative estimate of drug-likeness (QED) is 0.256. The molecule has 0 bridgehead atoms. The lowest BCUT2D eigenvalue weighted by atomic mass is 10.2. The number of amides is 2. The number of ether oxygens (including phenoxy) is 2. The predicted molar refractivity (Wildman–Crippen MR) is 134 cm³/mol. The van der Waals surface area contributed by atoms with Gasteiger partial charge in [-0.1, -0.05) is 37.6 Å². The summed E-state index contributed by atoms with van der Waals surface area (Å²) in [6.07, 6.45) is 3.44. The minimum atomic E-state index is -4.28. The molecule has 1 aliphatic heterocycles. The van der Waals surface area contributed by atoms with Gasteiger partial charge < -0.3 is 23.9 Å². The summed E-state index contributed by atoms with van der Waals surface area (Å²) in [5.74, 6) is -0.616.